The van der Waals surface area contributed by atoms with Crippen LogP contribution in [0.2, 0.25) is 0 Å². The van der Waals surface area contributed by atoms with Crippen LogP contribution in [0.15, 0.2) is 18.2 Å². The molecule has 1 aliphatic carbocycles. The van der Waals surface area contributed by atoms with Crippen molar-refractivity contribution < 1.29 is 13.2 Å². The highest BCUT2D eigenvalue weighted by molar-refractivity contribution is 7.91. The summed E-state index contributed by atoms with van der Waals surface area (Å²) in [6, 6.07) is 5.73. The van der Waals surface area contributed by atoms with Crippen molar-refractivity contribution in [1.29, 1.82) is 0 Å². The van der Waals surface area contributed by atoms with E-state index in [1.807, 2.05) is 18.2 Å². The first-order valence-electron chi connectivity index (χ1n) is 6.00. The second-order valence-corrected chi connectivity index (χ2v) is 7.00. The van der Waals surface area contributed by atoms with Crippen LogP contribution in [0.4, 0.5) is 0 Å². The molecular formula is C13H19NO3S. The molecule has 5 heteroatoms. The zero-order valence-electron chi connectivity index (χ0n) is 10.9. The number of aryl methyl sites for hydroxylation is 1. The van der Waals surface area contributed by atoms with Gasteiger partial charge in [-0.05, 0) is 43.1 Å². The van der Waals surface area contributed by atoms with Crippen molar-refractivity contribution in [2.45, 2.75) is 24.1 Å². The lowest BCUT2D eigenvalue weighted by atomic mass is 9.87. The summed E-state index contributed by atoms with van der Waals surface area (Å²) in [4.78, 5) is 0. The highest BCUT2D eigenvalue weighted by atomic mass is 32.2. The molecule has 0 heterocycles. The van der Waals surface area contributed by atoms with Crippen LogP contribution in [0.5, 0.6) is 5.75 Å². The molecule has 0 aromatic heterocycles. The predicted molar refractivity (Wildman–Crippen MR) is 71.7 cm³/mol. The molecule has 0 radical (unpaired) electrons. The van der Waals surface area contributed by atoms with Crippen LogP contribution >= 0.6 is 0 Å². The lowest BCUT2D eigenvalue weighted by molar-refractivity contribution is 0.410. The second-order valence-electron chi connectivity index (χ2n) is 4.74. The zero-order valence-corrected chi connectivity index (χ0v) is 11.8. The monoisotopic (exact) mass is 269 g/mol. The maximum Gasteiger partial charge on any atom is 0.152 e. The largest absolute Gasteiger partial charge is 0.497 e. The Kier molecular flexibility index (Phi) is 3.64. The number of nitrogens with one attached hydrogen (secondary N) is 1. The van der Waals surface area contributed by atoms with E-state index in [4.69, 9.17) is 4.74 Å². The third kappa shape index (κ3) is 2.37. The van der Waals surface area contributed by atoms with E-state index in [0.29, 0.717) is 6.42 Å². The minimum absolute atomic E-state index is 0.154. The number of sulfone groups is 1. The number of methoxy groups -OCH3 is 1. The van der Waals surface area contributed by atoms with E-state index in [9.17, 15) is 8.42 Å². The van der Waals surface area contributed by atoms with Crippen LogP contribution in [-0.4, -0.2) is 34.1 Å². The van der Waals surface area contributed by atoms with Gasteiger partial charge in [0.2, 0.25) is 0 Å². The second kappa shape index (κ2) is 4.90. The Morgan fingerprint density at radius 1 is 1.39 bits per heavy atom. The van der Waals surface area contributed by atoms with Crippen LogP contribution in [0.1, 0.15) is 23.6 Å². The van der Waals surface area contributed by atoms with Crippen LogP contribution in [0.25, 0.3) is 0 Å². The van der Waals surface area contributed by atoms with Gasteiger partial charge in [-0.25, -0.2) is 8.42 Å². The number of fused-ring (bicyclic) bond motifs is 1. The first-order valence-corrected chi connectivity index (χ1v) is 7.95. The van der Waals surface area contributed by atoms with Gasteiger partial charge in [-0.3, -0.25) is 0 Å². The summed E-state index contributed by atoms with van der Waals surface area (Å²) in [5.41, 5.74) is 2.24. The third-order valence-electron chi connectivity index (χ3n) is 3.62. The van der Waals surface area contributed by atoms with E-state index >= 15 is 0 Å². The molecule has 18 heavy (non-hydrogen) atoms. The van der Waals surface area contributed by atoms with Gasteiger partial charge in [-0.1, -0.05) is 6.07 Å². The molecule has 2 atom stereocenters. The van der Waals surface area contributed by atoms with Gasteiger partial charge in [-0.2, -0.15) is 0 Å². The van der Waals surface area contributed by atoms with E-state index in [1.165, 1.54) is 11.8 Å². The van der Waals surface area contributed by atoms with E-state index in [2.05, 4.69) is 5.32 Å². The Hall–Kier alpha value is -1.07. The normalized spacial score (nSPS) is 23.5. The van der Waals surface area contributed by atoms with E-state index in [-0.39, 0.29) is 11.3 Å². The minimum atomic E-state index is -3.05. The fourth-order valence-electron chi connectivity index (χ4n) is 2.68. The van der Waals surface area contributed by atoms with E-state index < -0.39 is 9.84 Å². The topological polar surface area (TPSA) is 55.4 Å². The van der Waals surface area contributed by atoms with Crippen LogP contribution in [0.3, 0.4) is 0 Å². The maximum atomic E-state index is 11.8. The van der Waals surface area contributed by atoms with E-state index in [1.54, 1.807) is 14.2 Å². The van der Waals surface area contributed by atoms with Gasteiger partial charge in [-0.15, -0.1) is 0 Å². The fraction of sp³-hybridized carbons (Fsp3) is 0.538. The summed E-state index contributed by atoms with van der Waals surface area (Å²) in [6.07, 6.45) is 2.78. The number of hydrogen-bond donors (Lipinski definition) is 1. The molecular weight excluding hydrogens is 250 g/mol. The highest BCUT2D eigenvalue weighted by Gasteiger charge is 2.35. The van der Waals surface area contributed by atoms with Gasteiger partial charge in [0, 0.05) is 12.3 Å². The summed E-state index contributed by atoms with van der Waals surface area (Å²) in [6.45, 7) is 0. The van der Waals surface area contributed by atoms with Gasteiger partial charge in [0.1, 0.15) is 5.75 Å². The number of benzene rings is 1. The molecule has 0 saturated heterocycles. The Labute approximate surface area is 108 Å². The van der Waals surface area contributed by atoms with Gasteiger partial charge in [0.15, 0.2) is 9.84 Å². The molecule has 2 rings (SSSR count). The molecule has 0 bridgehead atoms. The van der Waals surface area contributed by atoms with Gasteiger partial charge in [0.25, 0.3) is 0 Å². The predicted octanol–water partition coefficient (Wildman–Crippen LogP) is 1.32. The third-order valence-corrected chi connectivity index (χ3v) is 5.23. The molecule has 0 spiro atoms. The summed E-state index contributed by atoms with van der Waals surface area (Å²) < 4.78 is 28.9. The lowest BCUT2D eigenvalue weighted by Gasteiger charge is -2.32. The Morgan fingerprint density at radius 2 is 2.11 bits per heavy atom. The number of rotatable bonds is 3. The average Bonchev–Trinajstić information content (AvgIpc) is 2.35. The van der Waals surface area contributed by atoms with Crippen molar-refractivity contribution >= 4 is 9.84 Å². The smallest absolute Gasteiger partial charge is 0.152 e. The van der Waals surface area contributed by atoms with Crippen molar-refractivity contribution in [2.24, 2.45) is 0 Å². The number of ether oxygens (including phenoxy) is 1. The maximum absolute atomic E-state index is 11.8. The van der Waals surface area contributed by atoms with Gasteiger partial charge >= 0.3 is 0 Å². The van der Waals surface area contributed by atoms with Crippen molar-refractivity contribution in [3.05, 3.63) is 29.3 Å². The van der Waals surface area contributed by atoms with Crippen molar-refractivity contribution in [2.75, 3.05) is 20.4 Å². The molecule has 1 aliphatic rings. The quantitative estimate of drug-likeness (QED) is 0.899. The molecule has 4 nitrogen and oxygen atoms in total. The fourth-order valence-corrected chi connectivity index (χ4v) is 4.01. The Morgan fingerprint density at radius 3 is 2.67 bits per heavy atom. The molecule has 100 valence electrons. The average molecular weight is 269 g/mol. The van der Waals surface area contributed by atoms with Gasteiger partial charge in [0.05, 0.1) is 12.4 Å². The lowest BCUT2D eigenvalue weighted by Crippen LogP contribution is -2.38. The van der Waals surface area contributed by atoms with Crippen molar-refractivity contribution in [1.82, 2.24) is 5.32 Å². The standard InChI is InChI=1S/C13H19NO3S/c1-14-13-11-8-10(17-2)6-4-9(11)5-7-12(13)18(3,15)16/h4,6,8,12-14H,5,7H2,1-3H3. The van der Waals surface area contributed by atoms with Crippen LogP contribution in [-0.2, 0) is 16.3 Å². The minimum Gasteiger partial charge on any atom is -0.497 e. The van der Waals surface area contributed by atoms with Crippen molar-refractivity contribution in [3.8, 4) is 5.75 Å². The van der Waals surface area contributed by atoms with Gasteiger partial charge < -0.3 is 10.1 Å². The summed E-state index contributed by atoms with van der Waals surface area (Å²) in [7, 11) is 0.368. The molecule has 0 fully saturated rings. The summed E-state index contributed by atoms with van der Waals surface area (Å²) >= 11 is 0. The van der Waals surface area contributed by atoms with Crippen LogP contribution in [0, 0.1) is 0 Å². The summed E-state index contributed by atoms with van der Waals surface area (Å²) in [5, 5.41) is 2.77. The molecule has 1 aromatic rings. The molecule has 0 amide bonds. The first-order chi connectivity index (χ1) is 8.47. The summed E-state index contributed by atoms with van der Waals surface area (Å²) in [5.74, 6) is 0.767. The Bertz CT molecular complexity index is 539. The Balaban J connectivity index is 2.48. The molecule has 1 aromatic carbocycles. The molecule has 0 aliphatic heterocycles. The highest BCUT2D eigenvalue weighted by Crippen LogP contribution is 2.35. The number of hydrogen-bond acceptors (Lipinski definition) is 4. The van der Waals surface area contributed by atoms with E-state index in [0.717, 1.165) is 17.7 Å². The zero-order chi connectivity index (χ0) is 13.3. The van der Waals surface area contributed by atoms with Crippen LogP contribution < -0.4 is 10.1 Å². The molecule has 0 saturated carbocycles. The first kappa shape index (κ1) is 13.4. The SMILES string of the molecule is CNC1c2cc(OC)ccc2CCC1S(C)(=O)=O. The molecule has 2 unspecified atom stereocenters. The van der Waals surface area contributed by atoms with Crippen molar-refractivity contribution in [3.63, 3.8) is 0 Å². The molecule has 1 N–H and O–H groups in total.